The molecule has 88 valence electrons. The van der Waals surface area contributed by atoms with Gasteiger partial charge in [-0.15, -0.1) is 0 Å². The third-order valence-electron chi connectivity index (χ3n) is 1.99. The molecule has 0 aliphatic heterocycles. The first-order valence-electron chi connectivity index (χ1n) is 4.78. The van der Waals surface area contributed by atoms with Crippen molar-refractivity contribution in [2.24, 2.45) is 5.73 Å². The number of benzene rings is 1. The highest BCUT2D eigenvalue weighted by molar-refractivity contribution is 5.75. The number of nitrogens with two attached hydrogens (primary N) is 1. The molecule has 0 heterocycles. The minimum absolute atomic E-state index is 0.0487. The maximum absolute atomic E-state index is 11.0. The Kier molecular flexibility index (Phi) is 4.60. The predicted octanol–water partition coefficient (Wildman–Crippen LogP) is 0.574. The quantitative estimate of drug-likeness (QED) is 0.742. The van der Waals surface area contributed by atoms with Gasteiger partial charge in [0.15, 0.2) is 11.5 Å². The number of rotatable bonds is 5. The molecule has 0 spiro atoms. The van der Waals surface area contributed by atoms with Gasteiger partial charge in [0.2, 0.25) is 0 Å². The van der Waals surface area contributed by atoms with Gasteiger partial charge in [-0.25, -0.2) is 0 Å². The highest BCUT2D eigenvalue weighted by Crippen LogP contribution is 2.25. The molecule has 1 aromatic carbocycles. The first kappa shape index (κ1) is 12.3. The van der Waals surface area contributed by atoms with Gasteiger partial charge in [-0.1, -0.05) is 12.1 Å². The van der Waals surface area contributed by atoms with Crippen molar-refractivity contribution in [1.82, 2.24) is 0 Å². The van der Waals surface area contributed by atoms with E-state index in [1.807, 2.05) is 12.1 Å². The molecule has 2 N–H and O–H groups in total. The van der Waals surface area contributed by atoms with Crippen molar-refractivity contribution < 1.29 is 19.0 Å². The highest BCUT2D eigenvalue weighted by Gasteiger charge is 2.15. The Bertz CT molecular complexity index is 354. The second-order valence-corrected chi connectivity index (χ2v) is 3.09. The SMILES string of the molecule is COC(=O)C(N)COc1ccccc1OC. The fraction of sp³-hybridized carbons (Fsp3) is 0.364. The standard InChI is InChI=1S/C11H15NO4/c1-14-9-5-3-4-6-10(9)16-7-8(12)11(13)15-2/h3-6,8H,7,12H2,1-2H3. The second-order valence-electron chi connectivity index (χ2n) is 3.09. The molecule has 0 amide bonds. The first-order valence-corrected chi connectivity index (χ1v) is 4.78. The zero-order valence-corrected chi connectivity index (χ0v) is 9.30. The van der Waals surface area contributed by atoms with Gasteiger partial charge >= 0.3 is 5.97 Å². The van der Waals surface area contributed by atoms with E-state index in [0.29, 0.717) is 11.5 Å². The highest BCUT2D eigenvalue weighted by atomic mass is 16.5. The molecule has 1 rings (SSSR count). The van der Waals surface area contributed by atoms with Gasteiger partial charge in [-0.05, 0) is 12.1 Å². The number of carbonyl (C=O) groups excluding carboxylic acids is 1. The largest absolute Gasteiger partial charge is 0.493 e. The molecule has 1 atom stereocenters. The third kappa shape index (κ3) is 3.13. The molecule has 0 aliphatic carbocycles. The molecule has 0 saturated carbocycles. The van der Waals surface area contributed by atoms with Crippen LogP contribution in [0.2, 0.25) is 0 Å². The van der Waals surface area contributed by atoms with Crippen LogP contribution in [0.25, 0.3) is 0 Å². The van der Waals surface area contributed by atoms with Gasteiger partial charge in [0, 0.05) is 0 Å². The molecule has 0 aliphatic rings. The van der Waals surface area contributed by atoms with Crippen molar-refractivity contribution >= 4 is 5.97 Å². The van der Waals surface area contributed by atoms with E-state index in [4.69, 9.17) is 15.2 Å². The smallest absolute Gasteiger partial charge is 0.326 e. The molecule has 1 unspecified atom stereocenters. The van der Waals surface area contributed by atoms with Gasteiger partial charge in [0.05, 0.1) is 14.2 Å². The average Bonchev–Trinajstić information content (AvgIpc) is 2.35. The number of carbonyl (C=O) groups is 1. The fourth-order valence-corrected chi connectivity index (χ4v) is 1.14. The van der Waals surface area contributed by atoms with E-state index < -0.39 is 12.0 Å². The number of methoxy groups -OCH3 is 2. The fourth-order valence-electron chi connectivity index (χ4n) is 1.14. The van der Waals surface area contributed by atoms with Crippen LogP contribution in [0.3, 0.4) is 0 Å². The summed E-state index contributed by atoms with van der Waals surface area (Å²) in [7, 11) is 2.83. The van der Waals surface area contributed by atoms with Crippen LogP contribution < -0.4 is 15.2 Å². The Hall–Kier alpha value is -1.75. The number of hydrogen-bond acceptors (Lipinski definition) is 5. The van der Waals surface area contributed by atoms with Crippen LogP contribution in [-0.2, 0) is 9.53 Å². The van der Waals surface area contributed by atoms with Crippen LogP contribution in [-0.4, -0.2) is 32.8 Å². The van der Waals surface area contributed by atoms with Crippen LogP contribution in [0.5, 0.6) is 11.5 Å². The van der Waals surface area contributed by atoms with Crippen molar-refractivity contribution in [3.63, 3.8) is 0 Å². The van der Waals surface area contributed by atoms with Crippen molar-refractivity contribution in [2.75, 3.05) is 20.8 Å². The lowest BCUT2D eigenvalue weighted by Crippen LogP contribution is -2.37. The minimum Gasteiger partial charge on any atom is -0.493 e. The Morgan fingerprint density at radius 2 is 1.94 bits per heavy atom. The molecular formula is C11H15NO4. The van der Waals surface area contributed by atoms with Crippen LogP contribution >= 0.6 is 0 Å². The number of esters is 1. The zero-order valence-electron chi connectivity index (χ0n) is 9.30. The lowest BCUT2D eigenvalue weighted by Gasteiger charge is -2.13. The number of ether oxygens (including phenoxy) is 3. The summed E-state index contributed by atoms with van der Waals surface area (Å²) in [4.78, 5) is 11.0. The second kappa shape index (κ2) is 5.97. The number of hydrogen-bond donors (Lipinski definition) is 1. The minimum atomic E-state index is -0.796. The summed E-state index contributed by atoms with van der Waals surface area (Å²) in [6.07, 6.45) is 0. The van der Waals surface area contributed by atoms with Crippen LogP contribution in [0.4, 0.5) is 0 Å². The summed E-state index contributed by atoms with van der Waals surface area (Å²) in [5.41, 5.74) is 5.53. The lowest BCUT2D eigenvalue weighted by molar-refractivity contribution is -0.142. The van der Waals surface area contributed by atoms with E-state index in [-0.39, 0.29) is 6.61 Å². The molecule has 0 aromatic heterocycles. The summed E-state index contributed by atoms with van der Waals surface area (Å²) in [5.74, 6) is 0.638. The zero-order chi connectivity index (χ0) is 12.0. The van der Waals surface area contributed by atoms with Crippen molar-refractivity contribution in [1.29, 1.82) is 0 Å². The average molecular weight is 225 g/mol. The molecule has 0 fully saturated rings. The maximum Gasteiger partial charge on any atom is 0.326 e. The molecule has 16 heavy (non-hydrogen) atoms. The molecule has 5 heteroatoms. The van der Waals surface area contributed by atoms with Crippen LogP contribution in [0.15, 0.2) is 24.3 Å². The Balaban J connectivity index is 2.57. The lowest BCUT2D eigenvalue weighted by atomic mass is 10.3. The van der Waals surface area contributed by atoms with Crippen molar-refractivity contribution in [2.45, 2.75) is 6.04 Å². The van der Waals surface area contributed by atoms with E-state index in [2.05, 4.69) is 4.74 Å². The maximum atomic E-state index is 11.0. The van der Waals surface area contributed by atoms with Crippen molar-refractivity contribution in [3.8, 4) is 11.5 Å². The summed E-state index contributed by atoms with van der Waals surface area (Å²) < 4.78 is 14.9. The van der Waals surface area contributed by atoms with E-state index in [1.165, 1.54) is 7.11 Å². The Morgan fingerprint density at radius 1 is 1.31 bits per heavy atom. The molecular weight excluding hydrogens is 210 g/mol. The van der Waals surface area contributed by atoms with Gasteiger partial charge in [-0.3, -0.25) is 4.79 Å². The Morgan fingerprint density at radius 3 is 2.50 bits per heavy atom. The summed E-state index contributed by atoms with van der Waals surface area (Å²) >= 11 is 0. The van der Waals surface area contributed by atoms with Crippen LogP contribution in [0.1, 0.15) is 0 Å². The monoisotopic (exact) mass is 225 g/mol. The van der Waals surface area contributed by atoms with Gasteiger partial charge in [0.25, 0.3) is 0 Å². The third-order valence-corrected chi connectivity index (χ3v) is 1.99. The Labute approximate surface area is 94.1 Å². The summed E-state index contributed by atoms with van der Waals surface area (Å²) in [6.45, 7) is 0.0487. The normalized spacial score (nSPS) is 11.7. The predicted molar refractivity (Wildman–Crippen MR) is 58.5 cm³/mol. The topological polar surface area (TPSA) is 70.8 Å². The van der Waals surface area contributed by atoms with E-state index in [1.54, 1.807) is 19.2 Å². The van der Waals surface area contributed by atoms with E-state index >= 15 is 0 Å². The summed E-state index contributed by atoms with van der Waals surface area (Å²) in [6, 6.07) is 6.34. The molecule has 1 aromatic rings. The molecule has 0 saturated heterocycles. The first-order chi connectivity index (χ1) is 7.69. The van der Waals surface area contributed by atoms with Gasteiger partial charge < -0.3 is 19.9 Å². The van der Waals surface area contributed by atoms with E-state index in [0.717, 1.165) is 0 Å². The van der Waals surface area contributed by atoms with E-state index in [9.17, 15) is 4.79 Å². The number of para-hydroxylation sites is 2. The van der Waals surface area contributed by atoms with Crippen LogP contribution in [0, 0.1) is 0 Å². The van der Waals surface area contributed by atoms with Gasteiger partial charge in [-0.2, -0.15) is 0 Å². The van der Waals surface area contributed by atoms with Gasteiger partial charge in [0.1, 0.15) is 12.6 Å². The summed E-state index contributed by atoms with van der Waals surface area (Å²) in [5, 5.41) is 0. The van der Waals surface area contributed by atoms with Crippen molar-refractivity contribution in [3.05, 3.63) is 24.3 Å². The molecule has 0 radical (unpaired) electrons. The molecule has 5 nitrogen and oxygen atoms in total. The molecule has 0 bridgehead atoms.